The molecule has 0 rings (SSSR count). The number of halogens is 1. The standard InChI is InChI=1S/C12H22INO4/c1-11(2,3)17-9(15)8(7-13)14-10(16)18-12(4,5)6/h8H,7H2,1-6H3,(H,14,16). The number of alkyl carbamates (subject to hydrolysis) is 1. The monoisotopic (exact) mass is 371 g/mol. The summed E-state index contributed by atoms with van der Waals surface area (Å²) in [5.74, 6) is -0.456. The lowest BCUT2D eigenvalue weighted by Crippen LogP contribution is -2.46. The molecule has 0 heterocycles. The Morgan fingerprint density at radius 1 is 1.06 bits per heavy atom. The van der Waals surface area contributed by atoms with Gasteiger partial charge in [-0.15, -0.1) is 0 Å². The number of carbonyl (C=O) groups is 2. The smallest absolute Gasteiger partial charge is 0.408 e. The van der Waals surface area contributed by atoms with Crippen molar-refractivity contribution < 1.29 is 19.1 Å². The molecule has 0 radical (unpaired) electrons. The minimum Gasteiger partial charge on any atom is -0.458 e. The topological polar surface area (TPSA) is 64.6 Å². The molecule has 6 heteroatoms. The van der Waals surface area contributed by atoms with E-state index in [9.17, 15) is 9.59 Å². The van der Waals surface area contributed by atoms with Crippen LogP contribution in [0.3, 0.4) is 0 Å². The SMILES string of the molecule is CC(C)(C)OC(=O)NC(CI)C(=O)OC(C)(C)C. The van der Waals surface area contributed by atoms with Crippen molar-refractivity contribution in [2.24, 2.45) is 0 Å². The van der Waals surface area contributed by atoms with E-state index in [0.29, 0.717) is 4.43 Å². The van der Waals surface area contributed by atoms with E-state index in [0.717, 1.165) is 0 Å². The van der Waals surface area contributed by atoms with E-state index in [1.807, 2.05) is 22.6 Å². The zero-order chi connectivity index (χ0) is 14.6. The normalized spacial score (nSPS) is 13.7. The van der Waals surface area contributed by atoms with E-state index in [-0.39, 0.29) is 0 Å². The number of hydrogen-bond donors (Lipinski definition) is 1. The molecule has 18 heavy (non-hydrogen) atoms. The van der Waals surface area contributed by atoms with Gasteiger partial charge in [0.05, 0.1) is 0 Å². The Kier molecular flexibility index (Phi) is 6.39. The van der Waals surface area contributed by atoms with Crippen LogP contribution in [0.5, 0.6) is 0 Å². The Hall–Kier alpha value is -0.530. The molecule has 0 saturated carbocycles. The number of ether oxygens (including phenoxy) is 2. The van der Waals surface area contributed by atoms with E-state index in [4.69, 9.17) is 9.47 Å². The highest BCUT2D eigenvalue weighted by molar-refractivity contribution is 14.1. The minimum absolute atomic E-state index is 0.423. The van der Waals surface area contributed by atoms with Crippen LogP contribution in [0.4, 0.5) is 4.79 Å². The molecular weight excluding hydrogens is 349 g/mol. The van der Waals surface area contributed by atoms with Crippen molar-refractivity contribution in [3.8, 4) is 0 Å². The Balaban J connectivity index is 4.44. The molecule has 0 aliphatic heterocycles. The number of hydrogen-bond acceptors (Lipinski definition) is 4. The average molecular weight is 371 g/mol. The van der Waals surface area contributed by atoms with Gasteiger partial charge < -0.3 is 14.8 Å². The summed E-state index contributed by atoms with van der Waals surface area (Å²) in [6, 6.07) is -0.695. The van der Waals surface area contributed by atoms with Gasteiger partial charge in [-0.25, -0.2) is 9.59 Å². The molecule has 0 aliphatic carbocycles. The maximum atomic E-state index is 11.8. The van der Waals surface area contributed by atoms with Crippen molar-refractivity contribution in [3.05, 3.63) is 0 Å². The van der Waals surface area contributed by atoms with Crippen molar-refractivity contribution in [2.45, 2.75) is 58.8 Å². The van der Waals surface area contributed by atoms with Gasteiger partial charge in [0.15, 0.2) is 0 Å². The molecule has 0 aromatic rings. The summed E-state index contributed by atoms with van der Waals surface area (Å²) in [4.78, 5) is 23.3. The van der Waals surface area contributed by atoms with E-state index < -0.39 is 29.3 Å². The van der Waals surface area contributed by atoms with Crippen LogP contribution in [0, 0.1) is 0 Å². The van der Waals surface area contributed by atoms with Crippen molar-refractivity contribution in [2.75, 3.05) is 4.43 Å². The fraction of sp³-hybridized carbons (Fsp3) is 0.833. The molecule has 1 N–H and O–H groups in total. The van der Waals surface area contributed by atoms with Crippen LogP contribution in [0.25, 0.3) is 0 Å². The lowest BCUT2D eigenvalue weighted by atomic mass is 10.2. The molecule has 0 spiro atoms. The van der Waals surface area contributed by atoms with Gasteiger partial charge in [-0.1, -0.05) is 22.6 Å². The van der Waals surface area contributed by atoms with E-state index in [2.05, 4.69) is 5.32 Å². The first-order valence-electron chi connectivity index (χ1n) is 5.73. The van der Waals surface area contributed by atoms with Crippen molar-refractivity contribution in [1.29, 1.82) is 0 Å². The van der Waals surface area contributed by atoms with Crippen LogP contribution < -0.4 is 5.32 Å². The number of esters is 1. The van der Waals surface area contributed by atoms with Crippen LogP contribution >= 0.6 is 22.6 Å². The summed E-state index contributed by atoms with van der Waals surface area (Å²) in [5.41, 5.74) is -1.16. The summed E-state index contributed by atoms with van der Waals surface area (Å²) < 4.78 is 10.7. The van der Waals surface area contributed by atoms with Crippen LogP contribution in [0.15, 0.2) is 0 Å². The second-order valence-corrected chi connectivity index (χ2v) is 6.77. The molecule has 0 aromatic heterocycles. The third kappa shape index (κ3) is 8.54. The van der Waals surface area contributed by atoms with E-state index in [1.165, 1.54) is 0 Å². The Labute approximate surface area is 122 Å². The lowest BCUT2D eigenvalue weighted by Gasteiger charge is -2.25. The molecule has 0 aromatic carbocycles. The average Bonchev–Trinajstić information content (AvgIpc) is 2.07. The van der Waals surface area contributed by atoms with Gasteiger partial charge in [0.2, 0.25) is 0 Å². The fourth-order valence-electron chi connectivity index (χ4n) is 0.983. The quantitative estimate of drug-likeness (QED) is 0.471. The van der Waals surface area contributed by atoms with Gasteiger partial charge >= 0.3 is 12.1 Å². The maximum absolute atomic E-state index is 11.8. The Bertz CT molecular complexity index is 304. The van der Waals surface area contributed by atoms with E-state index in [1.54, 1.807) is 41.5 Å². The van der Waals surface area contributed by atoms with Crippen molar-refractivity contribution in [3.63, 3.8) is 0 Å². The van der Waals surface area contributed by atoms with Gasteiger partial charge in [-0.3, -0.25) is 0 Å². The first-order chi connectivity index (χ1) is 7.94. The number of nitrogens with one attached hydrogen (secondary N) is 1. The Morgan fingerprint density at radius 3 is 1.83 bits per heavy atom. The summed E-state index contributed by atoms with van der Waals surface area (Å²) in [6.07, 6.45) is -0.616. The van der Waals surface area contributed by atoms with Crippen LogP contribution in [0.1, 0.15) is 41.5 Å². The molecule has 1 amide bonds. The molecule has 1 unspecified atom stereocenters. The summed E-state index contributed by atoms with van der Waals surface area (Å²) in [7, 11) is 0. The second kappa shape index (κ2) is 6.58. The minimum atomic E-state index is -0.695. The van der Waals surface area contributed by atoms with E-state index >= 15 is 0 Å². The first-order valence-corrected chi connectivity index (χ1v) is 7.25. The fourth-order valence-corrected chi connectivity index (χ4v) is 1.56. The van der Waals surface area contributed by atoms with Crippen LogP contribution in [0.2, 0.25) is 0 Å². The maximum Gasteiger partial charge on any atom is 0.408 e. The van der Waals surface area contributed by atoms with Crippen molar-refractivity contribution >= 4 is 34.7 Å². The predicted octanol–water partition coefficient (Wildman–Crippen LogP) is 2.66. The van der Waals surface area contributed by atoms with Gasteiger partial charge in [-0.05, 0) is 41.5 Å². The van der Waals surface area contributed by atoms with Crippen LogP contribution in [-0.2, 0) is 14.3 Å². The molecule has 106 valence electrons. The third-order valence-electron chi connectivity index (χ3n) is 1.54. The summed E-state index contributed by atoms with van der Waals surface area (Å²) in [6.45, 7) is 10.6. The Morgan fingerprint density at radius 2 is 1.50 bits per heavy atom. The van der Waals surface area contributed by atoms with Gasteiger partial charge in [0.25, 0.3) is 0 Å². The zero-order valence-electron chi connectivity index (χ0n) is 11.8. The molecule has 0 saturated heterocycles. The van der Waals surface area contributed by atoms with Gasteiger partial charge in [-0.2, -0.15) is 0 Å². The highest BCUT2D eigenvalue weighted by Gasteiger charge is 2.27. The highest BCUT2D eigenvalue weighted by atomic mass is 127. The number of rotatable bonds is 3. The summed E-state index contributed by atoms with van der Waals surface area (Å²) in [5, 5.41) is 2.50. The third-order valence-corrected chi connectivity index (χ3v) is 2.42. The molecule has 5 nitrogen and oxygen atoms in total. The molecule has 0 aliphatic rings. The first kappa shape index (κ1) is 17.5. The molecule has 0 bridgehead atoms. The number of alkyl halides is 1. The number of amides is 1. The largest absolute Gasteiger partial charge is 0.458 e. The van der Waals surface area contributed by atoms with Crippen molar-refractivity contribution in [1.82, 2.24) is 5.32 Å². The lowest BCUT2D eigenvalue weighted by molar-refractivity contribution is -0.156. The van der Waals surface area contributed by atoms with Gasteiger partial charge in [0.1, 0.15) is 17.2 Å². The van der Waals surface area contributed by atoms with Gasteiger partial charge in [0, 0.05) is 4.43 Å². The molecular formula is C12H22INO4. The van der Waals surface area contributed by atoms with Crippen LogP contribution in [-0.4, -0.2) is 33.7 Å². The predicted molar refractivity (Wildman–Crippen MR) is 77.9 cm³/mol. The second-order valence-electron chi connectivity index (χ2n) is 5.89. The summed E-state index contributed by atoms with van der Waals surface area (Å²) >= 11 is 2.02. The zero-order valence-corrected chi connectivity index (χ0v) is 14.0. The highest BCUT2D eigenvalue weighted by Crippen LogP contribution is 2.11. The number of carbonyl (C=O) groups excluding carboxylic acids is 2. The molecule has 0 fully saturated rings. The molecule has 1 atom stereocenters.